The SMILES string of the molecule is CCC(C)(CCO)NC(=O)C1(C)CCCCC1. The lowest BCUT2D eigenvalue weighted by atomic mass is 9.74. The van der Waals surface area contributed by atoms with Gasteiger partial charge in [-0.2, -0.15) is 0 Å². The van der Waals surface area contributed by atoms with Crippen LogP contribution in [0.5, 0.6) is 0 Å². The van der Waals surface area contributed by atoms with Crippen molar-refractivity contribution < 1.29 is 9.90 Å². The van der Waals surface area contributed by atoms with Gasteiger partial charge >= 0.3 is 0 Å². The van der Waals surface area contributed by atoms with E-state index < -0.39 is 0 Å². The summed E-state index contributed by atoms with van der Waals surface area (Å²) < 4.78 is 0. The van der Waals surface area contributed by atoms with Crippen LogP contribution in [0.1, 0.15) is 65.7 Å². The predicted molar refractivity (Wildman–Crippen MR) is 69.7 cm³/mol. The van der Waals surface area contributed by atoms with E-state index in [9.17, 15) is 4.79 Å². The van der Waals surface area contributed by atoms with Gasteiger partial charge < -0.3 is 10.4 Å². The summed E-state index contributed by atoms with van der Waals surface area (Å²) in [5.41, 5.74) is -0.448. The molecule has 0 heterocycles. The number of aliphatic hydroxyl groups is 1. The van der Waals surface area contributed by atoms with Gasteiger partial charge in [-0.15, -0.1) is 0 Å². The Morgan fingerprint density at radius 2 is 1.94 bits per heavy atom. The number of hydrogen-bond donors (Lipinski definition) is 2. The van der Waals surface area contributed by atoms with Crippen molar-refractivity contribution in [2.75, 3.05) is 6.61 Å². The van der Waals surface area contributed by atoms with E-state index in [-0.39, 0.29) is 23.5 Å². The molecule has 2 N–H and O–H groups in total. The van der Waals surface area contributed by atoms with Gasteiger partial charge in [0.1, 0.15) is 0 Å². The average molecular weight is 241 g/mol. The lowest BCUT2D eigenvalue weighted by Crippen LogP contribution is -2.52. The fraction of sp³-hybridized carbons (Fsp3) is 0.929. The molecule has 1 amide bonds. The van der Waals surface area contributed by atoms with Gasteiger partial charge in [0.15, 0.2) is 0 Å². The summed E-state index contributed by atoms with van der Waals surface area (Å²) in [5, 5.41) is 12.2. The first kappa shape index (κ1) is 14.5. The van der Waals surface area contributed by atoms with Crippen molar-refractivity contribution in [3.8, 4) is 0 Å². The van der Waals surface area contributed by atoms with Gasteiger partial charge in [-0.1, -0.05) is 33.1 Å². The van der Waals surface area contributed by atoms with Gasteiger partial charge in [0.2, 0.25) is 5.91 Å². The number of nitrogens with one attached hydrogen (secondary N) is 1. The van der Waals surface area contributed by atoms with Crippen LogP contribution >= 0.6 is 0 Å². The molecule has 3 heteroatoms. The minimum atomic E-state index is -0.258. The van der Waals surface area contributed by atoms with Gasteiger partial charge in [0.25, 0.3) is 0 Å². The molecule has 1 aliphatic carbocycles. The molecule has 0 bridgehead atoms. The molecule has 1 unspecified atom stereocenters. The fourth-order valence-electron chi connectivity index (χ4n) is 2.56. The lowest BCUT2D eigenvalue weighted by molar-refractivity contribution is -0.134. The second-order valence-corrected chi connectivity index (χ2v) is 5.96. The third kappa shape index (κ3) is 3.70. The number of rotatable bonds is 5. The zero-order valence-corrected chi connectivity index (χ0v) is 11.5. The number of carbonyl (C=O) groups is 1. The molecule has 0 radical (unpaired) electrons. The molecule has 0 aromatic heterocycles. The maximum absolute atomic E-state index is 12.4. The van der Waals surface area contributed by atoms with Crippen LogP contribution in [-0.4, -0.2) is 23.2 Å². The first-order valence-corrected chi connectivity index (χ1v) is 6.89. The van der Waals surface area contributed by atoms with E-state index in [0.29, 0.717) is 6.42 Å². The number of hydrogen-bond acceptors (Lipinski definition) is 2. The highest BCUT2D eigenvalue weighted by molar-refractivity contribution is 5.83. The summed E-state index contributed by atoms with van der Waals surface area (Å²) >= 11 is 0. The molecule has 0 aliphatic heterocycles. The van der Waals surface area contributed by atoms with Crippen LogP contribution in [0.25, 0.3) is 0 Å². The largest absolute Gasteiger partial charge is 0.396 e. The topological polar surface area (TPSA) is 49.3 Å². The van der Waals surface area contributed by atoms with Crippen LogP contribution in [-0.2, 0) is 4.79 Å². The molecule has 1 aliphatic rings. The Morgan fingerprint density at radius 3 is 2.41 bits per heavy atom. The Balaban J connectivity index is 2.63. The highest BCUT2D eigenvalue weighted by Crippen LogP contribution is 2.36. The van der Waals surface area contributed by atoms with E-state index in [1.54, 1.807) is 0 Å². The van der Waals surface area contributed by atoms with Crippen molar-refractivity contribution in [3.05, 3.63) is 0 Å². The van der Waals surface area contributed by atoms with Crippen molar-refractivity contribution in [2.24, 2.45) is 5.41 Å². The lowest BCUT2D eigenvalue weighted by Gasteiger charge is -2.37. The second kappa shape index (κ2) is 5.85. The predicted octanol–water partition coefficient (Wildman–Crippen LogP) is 2.62. The van der Waals surface area contributed by atoms with E-state index in [1.807, 2.05) is 6.92 Å². The Hall–Kier alpha value is -0.570. The average Bonchev–Trinajstić information content (AvgIpc) is 2.30. The number of amides is 1. The van der Waals surface area contributed by atoms with E-state index in [4.69, 9.17) is 5.11 Å². The quantitative estimate of drug-likeness (QED) is 0.777. The molecule has 3 nitrogen and oxygen atoms in total. The Bertz CT molecular complexity index is 259. The third-order valence-electron chi connectivity index (χ3n) is 4.36. The van der Waals surface area contributed by atoms with Crippen LogP contribution < -0.4 is 5.32 Å². The highest BCUT2D eigenvalue weighted by Gasteiger charge is 2.37. The van der Waals surface area contributed by atoms with Crippen LogP contribution in [0.3, 0.4) is 0 Å². The van der Waals surface area contributed by atoms with Crippen molar-refractivity contribution in [1.82, 2.24) is 5.32 Å². The Labute approximate surface area is 105 Å². The zero-order valence-electron chi connectivity index (χ0n) is 11.5. The summed E-state index contributed by atoms with van der Waals surface area (Å²) in [7, 11) is 0. The molecule has 0 aromatic carbocycles. The first-order chi connectivity index (χ1) is 7.96. The molecule has 1 fully saturated rings. The molecule has 1 atom stereocenters. The number of carbonyl (C=O) groups excluding carboxylic acids is 1. The monoisotopic (exact) mass is 241 g/mol. The first-order valence-electron chi connectivity index (χ1n) is 6.89. The molecule has 1 saturated carbocycles. The second-order valence-electron chi connectivity index (χ2n) is 5.96. The van der Waals surface area contributed by atoms with E-state index in [2.05, 4.69) is 19.2 Å². The number of aliphatic hydroxyl groups excluding tert-OH is 1. The molecule has 1 rings (SSSR count). The molecule has 100 valence electrons. The highest BCUT2D eigenvalue weighted by atomic mass is 16.3. The van der Waals surface area contributed by atoms with Crippen LogP contribution in [0.2, 0.25) is 0 Å². The zero-order chi connectivity index (χ0) is 12.9. The summed E-state index contributed by atoms with van der Waals surface area (Å²) in [6, 6.07) is 0. The van der Waals surface area contributed by atoms with Gasteiger partial charge in [0.05, 0.1) is 0 Å². The van der Waals surface area contributed by atoms with Crippen molar-refractivity contribution in [1.29, 1.82) is 0 Å². The maximum Gasteiger partial charge on any atom is 0.226 e. The summed E-state index contributed by atoms with van der Waals surface area (Å²) in [6.07, 6.45) is 7.06. The van der Waals surface area contributed by atoms with Crippen molar-refractivity contribution in [2.45, 2.75) is 71.3 Å². The maximum atomic E-state index is 12.4. The van der Waals surface area contributed by atoms with E-state index in [1.165, 1.54) is 6.42 Å². The fourth-order valence-corrected chi connectivity index (χ4v) is 2.56. The van der Waals surface area contributed by atoms with Crippen LogP contribution in [0.4, 0.5) is 0 Å². The van der Waals surface area contributed by atoms with Crippen molar-refractivity contribution >= 4 is 5.91 Å². The van der Waals surface area contributed by atoms with E-state index in [0.717, 1.165) is 32.1 Å². The van der Waals surface area contributed by atoms with Crippen molar-refractivity contribution in [3.63, 3.8) is 0 Å². The molecule has 0 saturated heterocycles. The van der Waals surface area contributed by atoms with Gasteiger partial charge in [-0.05, 0) is 32.6 Å². The minimum Gasteiger partial charge on any atom is -0.396 e. The van der Waals surface area contributed by atoms with Gasteiger partial charge in [-0.3, -0.25) is 4.79 Å². The van der Waals surface area contributed by atoms with Crippen LogP contribution in [0.15, 0.2) is 0 Å². The summed E-state index contributed by atoms with van der Waals surface area (Å²) in [5.74, 6) is 0.176. The molecular weight excluding hydrogens is 214 g/mol. The normalized spacial score (nSPS) is 22.8. The summed E-state index contributed by atoms with van der Waals surface area (Å²) in [6.45, 7) is 6.28. The molecule has 17 heavy (non-hydrogen) atoms. The van der Waals surface area contributed by atoms with Gasteiger partial charge in [0, 0.05) is 17.6 Å². The molecule has 0 aromatic rings. The van der Waals surface area contributed by atoms with Crippen LogP contribution in [0, 0.1) is 5.41 Å². The summed E-state index contributed by atoms with van der Waals surface area (Å²) in [4.78, 5) is 12.4. The standard InChI is InChI=1S/C14H27NO2/c1-4-14(3,10-11-16)15-12(17)13(2)8-6-5-7-9-13/h16H,4-11H2,1-3H3,(H,15,17). The smallest absolute Gasteiger partial charge is 0.226 e. The minimum absolute atomic E-state index is 0.126. The molecular formula is C14H27NO2. The third-order valence-corrected chi connectivity index (χ3v) is 4.36. The Morgan fingerprint density at radius 1 is 1.35 bits per heavy atom. The van der Waals surface area contributed by atoms with Gasteiger partial charge in [-0.25, -0.2) is 0 Å². The Kier molecular flexibility index (Phi) is 4.99. The van der Waals surface area contributed by atoms with E-state index >= 15 is 0 Å². The molecule has 0 spiro atoms.